The normalized spacial score (nSPS) is 49.1. The Morgan fingerprint density at radius 2 is 1.65 bits per heavy atom. The third-order valence-corrected chi connectivity index (χ3v) is 4.87. The highest BCUT2D eigenvalue weighted by Crippen LogP contribution is 2.36. The van der Waals surface area contributed by atoms with Crippen molar-refractivity contribution in [3.8, 4) is 0 Å². The van der Waals surface area contributed by atoms with Gasteiger partial charge in [0.1, 0.15) is 24.4 Å². The molecule has 9 heteroatoms. The Labute approximate surface area is 102 Å². The van der Waals surface area contributed by atoms with E-state index in [1.165, 1.54) is 0 Å². The molecule has 1 saturated carbocycles. The second-order valence-electron chi connectivity index (χ2n) is 4.29. The highest BCUT2D eigenvalue weighted by molar-refractivity contribution is 7.82. The highest BCUT2D eigenvalue weighted by Gasteiger charge is 2.52. The van der Waals surface area contributed by atoms with Gasteiger partial charge in [-0.05, 0) is 12.8 Å². The van der Waals surface area contributed by atoms with Gasteiger partial charge in [-0.15, -0.1) is 0 Å². The average Bonchev–Trinajstić information content (AvgIpc) is 2.71. The van der Waals surface area contributed by atoms with E-state index in [2.05, 4.69) is 0 Å². The van der Waals surface area contributed by atoms with Crippen LogP contribution in [-0.4, -0.2) is 37.0 Å². The molecule has 5 atom stereocenters. The van der Waals surface area contributed by atoms with Gasteiger partial charge in [-0.1, -0.05) is 12.8 Å². The van der Waals surface area contributed by atoms with Gasteiger partial charge in [-0.2, -0.15) is 12.6 Å². The van der Waals surface area contributed by atoms with Crippen LogP contribution in [0.1, 0.15) is 25.7 Å². The van der Waals surface area contributed by atoms with Gasteiger partial charge in [-0.3, -0.25) is 8.37 Å². The van der Waals surface area contributed by atoms with Crippen LogP contribution in [0.15, 0.2) is 0 Å². The lowest BCUT2D eigenvalue weighted by molar-refractivity contribution is 0.00392. The van der Waals surface area contributed by atoms with E-state index in [1.54, 1.807) is 0 Å². The topological polar surface area (TPSA) is 88.1 Å². The summed E-state index contributed by atoms with van der Waals surface area (Å²) in [7, 11) is -3.95. The molecule has 0 aromatic rings. The van der Waals surface area contributed by atoms with Gasteiger partial charge in [0.2, 0.25) is 0 Å². The Hall–Kier alpha value is -0.0600. The molecule has 0 aromatic heterocycles. The van der Waals surface area contributed by atoms with E-state index in [4.69, 9.17) is 16.7 Å². The van der Waals surface area contributed by atoms with Crippen molar-refractivity contribution in [1.29, 1.82) is 0 Å². The quantitative estimate of drug-likeness (QED) is 0.616. The van der Waals surface area contributed by atoms with Crippen LogP contribution < -0.4 is 0 Å². The summed E-state index contributed by atoms with van der Waals surface area (Å²) in [4.78, 5) is 0. The maximum atomic E-state index is 11.3. The smallest absolute Gasteiger partial charge is 0.262 e. The molecule has 2 heterocycles. The lowest BCUT2D eigenvalue weighted by Gasteiger charge is -2.25. The maximum Gasteiger partial charge on any atom is 0.400 e. The molecule has 1 aliphatic carbocycles. The summed E-state index contributed by atoms with van der Waals surface area (Å²) in [5.74, 6) is 0. The lowest BCUT2D eigenvalue weighted by atomic mass is 9.92. The summed E-state index contributed by atoms with van der Waals surface area (Å²) in [6, 6.07) is 0. The number of hydrogen-bond acceptors (Lipinski definition) is 7. The van der Waals surface area contributed by atoms with Crippen molar-refractivity contribution < 1.29 is 29.4 Å². The van der Waals surface area contributed by atoms with Crippen molar-refractivity contribution in [3.63, 3.8) is 0 Å². The molecule has 17 heavy (non-hydrogen) atoms. The lowest BCUT2D eigenvalue weighted by Crippen LogP contribution is -2.42. The molecule has 0 aromatic carbocycles. The molecule has 2 saturated heterocycles. The zero-order valence-corrected chi connectivity index (χ0v) is 10.4. The van der Waals surface area contributed by atoms with Crippen molar-refractivity contribution in [1.82, 2.24) is 0 Å². The first kappa shape index (κ1) is 12.0. The van der Waals surface area contributed by atoms with E-state index in [-0.39, 0.29) is 6.10 Å². The van der Waals surface area contributed by atoms with Crippen molar-refractivity contribution in [2.24, 2.45) is 0 Å². The summed E-state index contributed by atoms with van der Waals surface area (Å²) in [5, 5.41) is 0. The first-order valence-corrected chi connectivity index (χ1v) is 7.76. The average molecular weight is 284 g/mol. The van der Waals surface area contributed by atoms with Gasteiger partial charge in [0.05, 0.1) is 0 Å². The van der Waals surface area contributed by atoms with Crippen LogP contribution in [0.3, 0.4) is 0 Å². The molecule has 5 unspecified atom stereocenters. The Balaban J connectivity index is 1.88. The largest absolute Gasteiger partial charge is 0.400 e. The van der Waals surface area contributed by atoms with Crippen LogP contribution in [0, 0.1) is 0 Å². The van der Waals surface area contributed by atoms with Crippen LogP contribution in [0.25, 0.3) is 0 Å². The third kappa shape index (κ3) is 2.27. The van der Waals surface area contributed by atoms with Crippen LogP contribution in [0.4, 0.5) is 0 Å². The minimum atomic E-state index is -3.95. The zero-order valence-electron chi connectivity index (χ0n) is 8.81. The summed E-state index contributed by atoms with van der Waals surface area (Å²) < 4.78 is 53.6. The molecule has 7 nitrogen and oxygen atoms in total. The molecule has 3 aliphatic rings. The van der Waals surface area contributed by atoms with E-state index in [0.717, 1.165) is 12.8 Å². The predicted molar refractivity (Wildman–Crippen MR) is 55.0 cm³/mol. The Morgan fingerprint density at radius 3 is 2.41 bits per heavy atom. The van der Waals surface area contributed by atoms with Gasteiger partial charge in [-0.25, -0.2) is 8.37 Å². The highest BCUT2D eigenvalue weighted by atomic mass is 32.3. The van der Waals surface area contributed by atoms with Crippen LogP contribution in [-0.2, 0) is 38.5 Å². The minimum Gasteiger partial charge on any atom is -0.262 e. The van der Waals surface area contributed by atoms with Crippen LogP contribution in [0.2, 0.25) is 0 Å². The van der Waals surface area contributed by atoms with Gasteiger partial charge >= 0.3 is 21.8 Å². The summed E-state index contributed by atoms with van der Waals surface area (Å²) >= 11 is -1.82. The fourth-order valence-corrected chi connectivity index (χ4v) is 4.33. The fraction of sp³-hybridized carbons (Fsp3) is 1.00. The Bertz CT molecular complexity index is 433. The first-order chi connectivity index (χ1) is 8.05. The molecular formula is C8H12O7S2. The summed E-state index contributed by atoms with van der Waals surface area (Å²) in [5.41, 5.74) is 0. The molecule has 0 radical (unpaired) electrons. The minimum absolute atomic E-state index is 0.388. The van der Waals surface area contributed by atoms with E-state index in [1.807, 2.05) is 0 Å². The molecule has 98 valence electrons. The molecule has 0 spiro atoms. The van der Waals surface area contributed by atoms with E-state index in [9.17, 15) is 12.6 Å². The van der Waals surface area contributed by atoms with Crippen molar-refractivity contribution in [2.45, 2.75) is 50.1 Å². The Morgan fingerprint density at radius 1 is 0.941 bits per heavy atom. The maximum absolute atomic E-state index is 11.3. The molecule has 0 amide bonds. The summed E-state index contributed by atoms with van der Waals surface area (Å²) in [6.07, 6.45) is 0.599. The van der Waals surface area contributed by atoms with E-state index in [0.29, 0.717) is 12.8 Å². The number of rotatable bonds is 0. The second-order valence-corrected chi connectivity index (χ2v) is 6.28. The SMILES string of the molecule is O=S1OC2CCCCC3OS(=O)(=O)OC3C2O1. The third-order valence-electron chi connectivity index (χ3n) is 3.15. The van der Waals surface area contributed by atoms with Crippen molar-refractivity contribution in [2.75, 3.05) is 0 Å². The molecule has 3 rings (SSSR count). The number of hydrogen-bond donors (Lipinski definition) is 0. The van der Waals surface area contributed by atoms with Crippen molar-refractivity contribution >= 4 is 21.8 Å². The molecular weight excluding hydrogens is 272 g/mol. The first-order valence-electron chi connectivity index (χ1n) is 5.43. The van der Waals surface area contributed by atoms with Gasteiger partial charge in [0.15, 0.2) is 0 Å². The summed E-state index contributed by atoms with van der Waals surface area (Å²) in [6.45, 7) is 0. The predicted octanol–water partition coefficient (Wildman–Crippen LogP) is -0.0481. The standard InChI is InChI=1S/C8H12O7S2/c9-16-12-5-3-1-2-4-6-8(7(5)13-16)15-17(10,11)14-6/h5-8H,1-4H2. The second kappa shape index (κ2) is 4.25. The molecule has 3 fully saturated rings. The molecule has 0 N–H and O–H groups in total. The van der Waals surface area contributed by atoms with Crippen LogP contribution >= 0.6 is 0 Å². The molecule has 2 aliphatic heterocycles. The fourth-order valence-electron chi connectivity index (χ4n) is 2.41. The van der Waals surface area contributed by atoms with Crippen LogP contribution in [0.5, 0.6) is 0 Å². The van der Waals surface area contributed by atoms with Crippen molar-refractivity contribution in [3.05, 3.63) is 0 Å². The van der Waals surface area contributed by atoms with E-state index >= 15 is 0 Å². The number of fused-ring (bicyclic) bond motifs is 3. The monoisotopic (exact) mass is 284 g/mol. The molecule has 0 bridgehead atoms. The Kier molecular flexibility index (Phi) is 3.00. The van der Waals surface area contributed by atoms with E-state index < -0.39 is 40.1 Å². The van der Waals surface area contributed by atoms with Gasteiger partial charge in [0.25, 0.3) is 0 Å². The van der Waals surface area contributed by atoms with Gasteiger partial charge in [0, 0.05) is 0 Å². The zero-order chi connectivity index (χ0) is 12.0. The van der Waals surface area contributed by atoms with Gasteiger partial charge < -0.3 is 0 Å².